The molecule has 2 N–H and O–H groups in total. The van der Waals surface area contributed by atoms with Crippen LogP contribution in [-0.4, -0.2) is 41.6 Å². The fraction of sp³-hybridized carbons (Fsp3) is 0.227. The number of amides is 1. The molecule has 1 fully saturated rings. The Labute approximate surface area is 196 Å². The Morgan fingerprint density at radius 1 is 1.24 bits per heavy atom. The zero-order chi connectivity index (χ0) is 24.3. The molecule has 0 bridgehead atoms. The van der Waals surface area contributed by atoms with Gasteiger partial charge in [-0.05, 0) is 24.3 Å². The van der Waals surface area contributed by atoms with Gasteiger partial charge in [-0.2, -0.15) is 0 Å². The van der Waals surface area contributed by atoms with Gasteiger partial charge in [0.05, 0.1) is 35.1 Å². The molecular weight excluding hydrogens is 477 g/mol. The van der Waals surface area contributed by atoms with Gasteiger partial charge in [0.1, 0.15) is 29.7 Å². The number of anilines is 3. The highest BCUT2D eigenvalue weighted by molar-refractivity contribution is 6.33. The lowest BCUT2D eigenvalue weighted by atomic mass is 10.1. The van der Waals surface area contributed by atoms with Gasteiger partial charge in [0.2, 0.25) is 5.91 Å². The Kier molecular flexibility index (Phi) is 6.75. The third-order valence-electron chi connectivity index (χ3n) is 4.79. The molecule has 1 aliphatic rings. The molecule has 8 nitrogen and oxygen atoms in total. The van der Waals surface area contributed by atoms with Crippen LogP contribution < -0.4 is 20.1 Å². The van der Waals surface area contributed by atoms with Crippen molar-refractivity contribution in [3.63, 3.8) is 0 Å². The standard InChI is InChI=1S/C22H18ClF3N4O4/c1-2-20(31)29-18-8-14-17(9-19(18)33-13-5-6-32-10-13)27-11-28-21(14)30-16-4-3-12(7-15(16)23)34-22(24,25)26/h2-4,7-9,11,13H,1,5-6,10H2,(H,29,31)(H,27,28,30)/t13-/m0/s1. The van der Waals surface area contributed by atoms with Gasteiger partial charge in [-0.3, -0.25) is 4.79 Å². The summed E-state index contributed by atoms with van der Waals surface area (Å²) in [6, 6.07) is 6.76. The molecule has 34 heavy (non-hydrogen) atoms. The average Bonchev–Trinajstić information content (AvgIpc) is 3.28. The number of alkyl halides is 3. The maximum absolute atomic E-state index is 12.5. The summed E-state index contributed by atoms with van der Waals surface area (Å²) in [5.74, 6) is -0.194. The number of halogens is 4. The molecule has 0 radical (unpaired) electrons. The van der Waals surface area contributed by atoms with Crippen LogP contribution in [0.15, 0.2) is 49.3 Å². The van der Waals surface area contributed by atoms with Crippen LogP contribution in [0.2, 0.25) is 5.02 Å². The second kappa shape index (κ2) is 9.74. The van der Waals surface area contributed by atoms with E-state index in [1.165, 1.54) is 12.4 Å². The lowest BCUT2D eigenvalue weighted by molar-refractivity contribution is -0.274. The minimum Gasteiger partial charge on any atom is -0.486 e. The fourth-order valence-electron chi connectivity index (χ4n) is 3.27. The number of hydrogen-bond acceptors (Lipinski definition) is 7. The molecule has 0 aliphatic carbocycles. The van der Waals surface area contributed by atoms with E-state index in [0.29, 0.717) is 47.8 Å². The lowest BCUT2D eigenvalue weighted by Gasteiger charge is -2.18. The molecule has 2 heterocycles. The molecule has 0 spiro atoms. The van der Waals surface area contributed by atoms with E-state index in [-0.39, 0.29) is 16.8 Å². The molecule has 3 aromatic rings. The van der Waals surface area contributed by atoms with E-state index in [1.54, 1.807) is 12.1 Å². The summed E-state index contributed by atoms with van der Waals surface area (Å²) in [7, 11) is 0. The maximum Gasteiger partial charge on any atom is 0.573 e. The number of nitrogens with zero attached hydrogens (tertiary/aromatic N) is 2. The van der Waals surface area contributed by atoms with Crippen LogP contribution in [0.1, 0.15) is 6.42 Å². The molecule has 4 rings (SSSR count). The quantitative estimate of drug-likeness (QED) is 0.435. The maximum atomic E-state index is 12.5. The molecule has 1 aliphatic heterocycles. The van der Waals surface area contributed by atoms with Crippen molar-refractivity contribution in [2.45, 2.75) is 18.9 Å². The molecule has 2 aromatic carbocycles. The van der Waals surface area contributed by atoms with Crippen LogP contribution in [0.4, 0.5) is 30.4 Å². The number of nitrogens with one attached hydrogen (secondary N) is 2. The summed E-state index contributed by atoms with van der Waals surface area (Å²) in [6.07, 6.45) is -1.87. The van der Waals surface area contributed by atoms with Crippen LogP contribution in [-0.2, 0) is 9.53 Å². The average molecular weight is 495 g/mol. The van der Waals surface area contributed by atoms with Gasteiger partial charge >= 0.3 is 6.36 Å². The third-order valence-corrected chi connectivity index (χ3v) is 5.10. The summed E-state index contributed by atoms with van der Waals surface area (Å²) in [4.78, 5) is 20.5. The van der Waals surface area contributed by atoms with Gasteiger partial charge in [0.25, 0.3) is 0 Å². The first kappa shape index (κ1) is 23.6. The van der Waals surface area contributed by atoms with Crippen molar-refractivity contribution in [2.24, 2.45) is 0 Å². The highest BCUT2D eigenvalue weighted by Crippen LogP contribution is 2.36. The summed E-state index contributed by atoms with van der Waals surface area (Å²) < 4.78 is 52.6. The van der Waals surface area contributed by atoms with Crippen molar-refractivity contribution in [1.29, 1.82) is 0 Å². The fourth-order valence-corrected chi connectivity index (χ4v) is 3.49. The number of aromatic nitrogens is 2. The van der Waals surface area contributed by atoms with Gasteiger partial charge in [0, 0.05) is 23.9 Å². The number of benzene rings is 2. The van der Waals surface area contributed by atoms with E-state index in [1.807, 2.05) is 0 Å². The Morgan fingerprint density at radius 2 is 2.06 bits per heavy atom. The zero-order valence-corrected chi connectivity index (χ0v) is 18.2. The normalized spacial score (nSPS) is 15.7. The van der Waals surface area contributed by atoms with E-state index < -0.39 is 18.0 Å². The summed E-state index contributed by atoms with van der Waals surface area (Å²) in [5.41, 5.74) is 1.15. The number of hydrogen-bond donors (Lipinski definition) is 2. The van der Waals surface area contributed by atoms with Crippen LogP contribution in [0.25, 0.3) is 10.9 Å². The number of carbonyl (C=O) groups excluding carboxylic acids is 1. The third kappa shape index (κ3) is 5.67. The number of ether oxygens (including phenoxy) is 3. The van der Waals surface area contributed by atoms with E-state index in [2.05, 4.69) is 31.9 Å². The van der Waals surface area contributed by atoms with Crippen molar-refractivity contribution in [1.82, 2.24) is 9.97 Å². The molecule has 1 amide bonds. The Hall–Kier alpha value is -3.57. The topological polar surface area (TPSA) is 94.6 Å². The van der Waals surface area contributed by atoms with Crippen molar-refractivity contribution in [3.05, 3.63) is 54.3 Å². The highest BCUT2D eigenvalue weighted by Gasteiger charge is 2.31. The molecular formula is C22H18ClF3N4O4. The highest BCUT2D eigenvalue weighted by atomic mass is 35.5. The Morgan fingerprint density at radius 3 is 2.74 bits per heavy atom. The number of carbonyl (C=O) groups is 1. The largest absolute Gasteiger partial charge is 0.573 e. The summed E-state index contributed by atoms with van der Waals surface area (Å²) in [5, 5.41) is 6.17. The molecule has 0 unspecified atom stereocenters. The lowest BCUT2D eigenvalue weighted by Crippen LogP contribution is -2.18. The van der Waals surface area contributed by atoms with Gasteiger partial charge in [-0.25, -0.2) is 9.97 Å². The first-order valence-electron chi connectivity index (χ1n) is 10.0. The predicted octanol–water partition coefficient (Wildman–Crippen LogP) is 5.22. The van der Waals surface area contributed by atoms with Crippen LogP contribution in [0.5, 0.6) is 11.5 Å². The smallest absolute Gasteiger partial charge is 0.486 e. The van der Waals surface area contributed by atoms with Gasteiger partial charge in [-0.15, -0.1) is 13.2 Å². The van der Waals surface area contributed by atoms with Gasteiger partial charge < -0.3 is 24.8 Å². The first-order valence-corrected chi connectivity index (χ1v) is 10.4. The monoisotopic (exact) mass is 494 g/mol. The van der Waals surface area contributed by atoms with Crippen molar-refractivity contribution >= 4 is 45.6 Å². The van der Waals surface area contributed by atoms with Gasteiger partial charge in [0.15, 0.2) is 0 Å². The second-order valence-corrected chi connectivity index (χ2v) is 7.61. The molecule has 1 atom stereocenters. The summed E-state index contributed by atoms with van der Waals surface area (Å²) in [6.45, 7) is 4.47. The van der Waals surface area contributed by atoms with Crippen LogP contribution in [0.3, 0.4) is 0 Å². The molecule has 1 aromatic heterocycles. The van der Waals surface area contributed by atoms with Crippen molar-refractivity contribution in [2.75, 3.05) is 23.8 Å². The summed E-state index contributed by atoms with van der Waals surface area (Å²) >= 11 is 6.15. The Bertz CT molecular complexity index is 1230. The molecule has 12 heteroatoms. The minimum absolute atomic E-state index is 0.0186. The Balaban J connectivity index is 1.68. The molecule has 1 saturated heterocycles. The second-order valence-electron chi connectivity index (χ2n) is 7.20. The zero-order valence-electron chi connectivity index (χ0n) is 17.5. The van der Waals surface area contributed by atoms with Crippen LogP contribution in [0, 0.1) is 0 Å². The van der Waals surface area contributed by atoms with E-state index in [4.69, 9.17) is 21.1 Å². The van der Waals surface area contributed by atoms with Crippen molar-refractivity contribution < 1.29 is 32.2 Å². The van der Waals surface area contributed by atoms with Gasteiger partial charge in [-0.1, -0.05) is 18.2 Å². The predicted molar refractivity (Wildman–Crippen MR) is 120 cm³/mol. The number of rotatable bonds is 7. The van der Waals surface area contributed by atoms with E-state index >= 15 is 0 Å². The van der Waals surface area contributed by atoms with E-state index in [9.17, 15) is 18.0 Å². The van der Waals surface area contributed by atoms with Crippen molar-refractivity contribution in [3.8, 4) is 11.5 Å². The first-order chi connectivity index (χ1) is 16.2. The number of fused-ring (bicyclic) bond motifs is 1. The van der Waals surface area contributed by atoms with Crippen LogP contribution >= 0.6 is 11.6 Å². The molecule has 178 valence electrons. The molecule has 0 saturated carbocycles. The van der Waals surface area contributed by atoms with E-state index in [0.717, 1.165) is 18.2 Å². The minimum atomic E-state index is -4.84. The SMILES string of the molecule is C=CC(=O)Nc1cc2c(Nc3ccc(OC(F)(F)F)cc3Cl)ncnc2cc1O[C@H]1CCOC1.